The number of hydrogen-bond donors (Lipinski definition) is 1. The quantitative estimate of drug-likeness (QED) is 0.902. The van der Waals surface area contributed by atoms with Gasteiger partial charge in [0, 0.05) is 18.8 Å². The fraction of sp³-hybridized carbons (Fsp3) is 0.312. The van der Waals surface area contributed by atoms with Gasteiger partial charge in [-0.3, -0.25) is 4.79 Å². The first-order chi connectivity index (χ1) is 11.5. The van der Waals surface area contributed by atoms with E-state index in [1.165, 1.54) is 0 Å². The van der Waals surface area contributed by atoms with Crippen molar-refractivity contribution >= 4 is 40.7 Å². The number of anilines is 2. The summed E-state index contributed by atoms with van der Waals surface area (Å²) < 4.78 is 5.27. The third-order valence-corrected chi connectivity index (χ3v) is 4.20. The van der Waals surface area contributed by atoms with Gasteiger partial charge < -0.3 is 15.0 Å². The van der Waals surface area contributed by atoms with Crippen LogP contribution in [-0.4, -0.2) is 47.1 Å². The number of carbonyl (C=O) groups is 1. The number of hydrogen-bond acceptors (Lipinski definition) is 5. The number of carbonyl (C=O) groups excluding carboxylic acids is 1. The average Bonchev–Trinajstić information content (AvgIpc) is 2.58. The molecule has 0 aliphatic carbocycles. The van der Waals surface area contributed by atoms with Crippen LogP contribution in [0.2, 0.25) is 10.0 Å². The lowest BCUT2D eigenvalue weighted by Crippen LogP contribution is -2.41. The smallest absolute Gasteiger partial charge is 0.272 e. The molecule has 2 aromatic rings. The molecule has 0 radical (unpaired) electrons. The highest BCUT2D eigenvalue weighted by Crippen LogP contribution is 2.31. The molecule has 0 bridgehead atoms. The fourth-order valence-corrected chi connectivity index (χ4v) is 2.88. The molecule has 0 spiro atoms. The first-order valence-electron chi connectivity index (χ1n) is 7.48. The minimum absolute atomic E-state index is 0.142. The first kappa shape index (κ1) is 17.0. The maximum atomic E-state index is 12.6. The number of amides is 1. The van der Waals surface area contributed by atoms with Crippen LogP contribution in [0.5, 0.6) is 0 Å². The Morgan fingerprint density at radius 3 is 2.54 bits per heavy atom. The molecule has 1 aromatic carbocycles. The molecule has 1 fully saturated rings. The zero-order valence-corrected chi connectivity index (χ0v) is 14.6. The van der Waals surface area contributed by atoms with Crippen LogP contribution < -0.4 is 5.32 Å². The molecule has 24 heavy (non-hydrogen) atoms. The number of halogens is 2. The number of ether oxygens (including phenoxy) is 1. The maximum Gasteiger partial charge on any atom is 0.272 e. The molecule has 8 heteroatoms. The Hall–Kier alpha value is -1.89. The van der Waals surface area contributed by atoms with Crippen molar-refractivity contribution in [3.8, 4) is 0 Å². The van der Waals surface area contributed by atoms with Crippen LogP contribution in [0.1, 0.15) is 16.2 Å². The van der Waals surface area contributed by atoms with Gasteiger partial charge in [0.1, 0.15) is 5.69 Å². The van der Waals surface area contributed by atoms with Crippen molar-refractivity contribution in [1.29, 1.82) is 0 Å². The average molecular weight is 367 g/mol. The second kappa shape index (κ2) is 7.34. The van der Waals surface area contributed by atoms with Gasteiger partial charge in [0.25, 0.3) is 5.91 Å². The third kappa shape index (κ3) is 3.77. The SMILES string of the molecule is Cc1cc(C(=O)N2CCOCC2)nc(Nc2c(Cl)cccc2Cl)n1. The molecule has 1 N–H and O–H groups in total. The lowest BCUT2D eigenvalue weighted by molar-refractivity contribution is 0.0299. The van der Waals surface area contributed by atoms with E-state index in [1.54, 1.807) is 36.1 Å². The van der Waals surface area contributed by atoms with Gasteiger partial charge in [-0.15, -0.1) is 0 Å². The summed E-state index contributed by atoms with van der Waals surface area (Å²) in [5, 5.41) is 3.90. The van der Waals surface area contributed by atoms with Gasteiger partial charge in [-0.1, -0.05) is 29.3 Å². The van der Waals surface area contributed by atoms with E-state index in [0.29, 0.717) is 53.4 Å². The summed E-state index contributed by atoms with van der Waals surface area (Å²) in [7, 11) is 0. The molecule has 0 atom stereocenters. The highest BCUT2D eigenvalue weighted by Gasteiger charge is 2.21. The Morgan fingerprint density at radius 2 is 1.88 bits per heavy atom. The molecule has 0 unspecified atom stereocenters. The first-order valence-corrected chi connectivity index (χ1v) is 8.24. The van der Waals surface area contributed by atoms with E-state index in [1.807, 2.05) is 0 Å². The van der Waals surface area contributed by atoms with Crippen molar-refractivity contribution in [3.63, 3.8) is 0 Å². The van der Waals surface area contributed by atoms with E-state index in [0.717, 1.165) is 0 Å². The van der Waals surface area contributed by atoms with Gasteiger partial charge in [-0.25, -0.2) is 9.97 Å². The van der Waals surface area contributed by atoms with E-state index in [-0.39, 0.29) is 11.9 Å². The molecule has 0 saturated carbocycles. The molecular formula is C16H16Cl2N4O2. The van der Waals surface area contributed by atoms with Crippen LogP contribution in [0.25, 0.3) is 0 Å². The predicted molar refractivity (Wildman–Crippen MR) is 93.2 cm³/mol. The van der Waals surface area contributed by atoms with Gasteiger partial charge in [0.05, 0.1) is 28.9 Å². The Morgan fingerprint density at radius 1 is 1.21 bits per heavy atom. The van der Waals surface area contributed by atoms with Crippen LogP contribution in [0.4, 0.5) is 11.6 Å². The summed E-state index contributed by atoms with van der Waals surface area (Å²) in [5.41, 5.74) is 1.51. The highest BCUT2D eigenvalue weighted by atomic mass is 35.5. The van der Waals surface area contributed by atoms with Gasteiger partial charge >= 0.3 is 0 Å². The monoisotopic (exact) mass is 366 g/mol. The normalized spacial score (nSPS) is 14.5. The second-order valence-corrected chi connectivity index (χ2v) is 6.16. The number of nitrogens with zero attached hydrogens (tertiary/aromatic N) is 3. The molecule has 3 rings (SSSR count). The van der Waals surface area contributed by atoms with Crippen molar-refractivity contribution in [1.82, 2.24) is 14.9 Å². The molecule has 1 aromatic heterocycles. The molecule has 6 nitrogen and oxygen atoms in total. The summed E-state index contributed by atoms with van der Waals surface area (Å²) in [4.78, 5) is 22.9. The standard InChI is InChI=1S/C16H16Cl2N4O2/c1-10-9-13(15(23)22-5-7-24-8-6-22)20-16(19-10)21-14-11(17)3-2-4-12(14)18/h2-4,9H,5-8H2,1H3,(H,19,20,21). The van der Waals surface area contributed by atoms with Crippen LogP contribution in [-0.2, 0) is 4.74 Å². The number of aromatic nitrogens is 2. The van der Waals surface area contributed by atoms with Crippen molar-refractivity contribution in [2.24, 2.45) is 0 Å². The van der Waals surface area contributed by atoms with E-state index in [4.69, 9.17) is 27.9 Å². The number of aryl methyl sites for hydroxylation is 1. The molecule has 2 heterocycles. The Labute approximate surface area is 149 Å². The number of rotatable bonds is 3. The summed E-state index contributed by atoms with van der Waals surface area (Å²) in [6.07, 6.45) is 0. The minimum Gasteiger partial charge on any atom is -0.378 e. The van der Waals surface area contributed by atoms with Gasteiger partial charge in [0.2, 0.25) is 5.95 Å². The number of para-hydroxylation sites is 1. The lowest BCUT2D eigenvalue weighted by atomic mass is 10.3. The maximum absolute atomic E-state index is 12.6. The summed E-state index contributed by atoms with van der Waals surface area (Å²) in [6, 6.07) is 6.84. The zero-order valence-electron chi connectivity index (χ0n) is 13.1. The summed E-state index contributed by atoms with van der Waals surface area (Å²) in [6.45, 7) is 3.99. The minimum atomic E-state index is -0.142. The molecule has 1 aliphatic heterocycles. The Kier molecular flexibility index (Phi) is 5.18. The van der Waals surface area contributed by atoms with Crippen molar-refractivity contribution in [2.45, 2.75) is 6.92 Å². The molecule has 1 aliphatic rings. The van der Waals surface area contributed by atoms with Gasteiger partial charge in [-0.2, -0.15) is 0 Å². The number of benzene rings is 1. The molecule has 1 amide bonds. The third-order valence-electron chi connectivity index (χ3n) is 3.57. The highest BCUT2D eigenvalue weighted by molar-refractivity contribution is 6.39. The number of morpholine rings is 1. The van der Waals surface area contributed by atoms with Gasteiger partial charge in [-0.05, 0) is 25.1 Å². The predicted octanol–water partition coefficient (Wildman–Crippen LogP) is 3.31. The fourth-order valence-electron chi connectivity index (χ4n) is 2.39. The molecular weight excluding hydrogens is 351 g/mol. The van der Waals surface area contributed by atoms with E-state index >= 15 is 0 Å². The zero-order chi connectivity index (χ0) is 17.1. The van der Waals surface area contributed by atoms with Crippen LogP contribution in [0, 0.1) is 6.92 Å². The van der Waals surface area contributed by atoms with Gasteiger partial charge in [0.15, 0.2) is 0 Å². The molecule has 1 saturated heterocycles. The lowest BCUT2D eigenvalue weighted by Gasteiger charge is -2.26. The van der Waals surface area contributed by atoms with Crippen molar-refractivity contribution in [3.05, 3.63) is 45.7 Å². The summed E-state index contributed by atoms with van der Waals surface area (Å²) >= 11 is 12.3. The van der Waals surface area contributed by atoms with Crippen LogP contribution in [0.3, 0.4) is 0 Å². The Balaban J connectivity index is 1.87. The van der Waals surface area contributed by atoms with Crippen molar-refractivity contribution in [2.75, 3.05) is 31.6 Å². The van der Waals surface area contributed by atoms with Crippen LogP contribution >= 0.6 is 23.2 Å². The number of nitrogens with one attached hydrogen (secondary N) is 1. The topological polar surface area (TPSA) is 67.4 Å². The van der Waals surface area contributed by atoms with E-state index in [2.05, 4.69) is 15.3 Å². The van der Waals surface area contributed by atoms with E-state index in [9.17, 15) is 4.79 Å². The summed E-state index contributed by atoms with van der Waals surface area (Å²) in [5.74, 6) is 0.138. The van der Waals surface area contributed by atoms with E-state index < -0.39 is 0 Å². The largest absolute Gasteiger partial charge is 0.378 e. The second-order valence-electron chi connectivity index (χ2n) is 5.34. The van der Waals surface area contributed by atoms with Crippen LogP contribution in [0.15, 0.2) is 24.3 Å². The molecule has 126 valence electrons. The van der Waals surface area contributed by atoms with Crippen molar-refractivity contribution < 1.29 is 9.53 Å². The Bertz CT molecular complexity index is 743.